The molecule has 1 saturated carbocycles. The second-order valence-electron chi connectivity index (χ2n) is 4.32. The molecule has 1 aliphatic rings. The quantitative estimate of drug-likeness (QED) is 0.806. The summed E-state index contributed by atoms with van der Waals surface area (Å²) < 4.78 is 4.95. The van der Waals surface area contributed by atoms with Crippen molar-refractivity contribution >= 4 is 23.5 Å². The van der Waals surface area contributed by atoms with Gasteiger partial charge < -0.3 is 10.5 Å². The zero-order chi connectivity index (χ0) is 13.1. The molecule has 6 nitrogen and oxygen atoms in total. The van der Waals surface area contributed by atoms with Gasteiger partial charge in [0, 0.05) is 18.0 Å². The molecular weight excluding hydrogens is 256 g/mol. The number of amides is 1. The number of nitrogens with one attached hydrogen (secondary N) is 1. The van der Waals surface area contributed by atoms with Gasteiger partial charge in [-0.15, -0.1) is 0 Å². The molecule has 0 spiro atoms. The fraction of sp³-hybridized carbons (Fsp3) is 0.545. The Labute approximate surface area is 110 Å². The summed E-state index contributed by atoms with van der Waals surface area (Å²) in [5.74, 6) is 0.277. The van der Waals surface area contributed by atoms with Crippen LogP contribution in [-0.2, 0) is 4.79 Å². The Balaban J connectivity index is 2.04. The molecule has 1 heterocycles. The Morgan fingerprint density at radius 1 is 1.56 bits per heavy atom. The molecule has 1 aromatic rings. The van der Waals surface area contributed by atoms with Crippen LogP contribution in [0.25, 0.3) is 0 Å². The van der Waals surface area contributed by atoms with Gasteiger partial charge in [0.25, 0.3) is 0 Å². The molecular formula is C11H15ClN4O2. The smallest absolute Gasteiger partial charge is 0.234 e. The maximum Gasteiger partial charge on any atom is 0.234 e. The number of hydrogen-bond donors (Lipinski definition) is 2. The number of carbonyl (C=O) groups excluding carboxylic acids is 1. The summed E-state index contributed by atoms with van der Waals surface area (Å²) in [6.45, 7) is 0. The SMILES string of the molecule is COc1cc(Cl)nc(NC(=O)C2CCC(N)C2)n1. The Morgan fingerprint density at radius 2 is 2.33 bits per heavy atom. The van der Waals surface area contributed by atoms with Crippen molar-refractivity contribution in [1.29, 1.82) is 0 Å². The van der Waals surface area contributed by atoms with Crippen molar-refractivity contribution in [2.45, 2.75) is 25.3 Å². The van der Waals surface area contributed by atoms with Crippen LogP contribution in [0.4, 0.5) is 5.95 Å². The predicted molar refractivity (Wildman–Crippen MR) is 67.5 cm³/mol. The minimum Gasteiger partial charge on any atom is -0.481 e. The van der Waals surface area contributed by atoms with Crippen LogP contribution in [0, 0.1) is 5.92 Å². The topological polar surface area (TPSA) is 90.1 Å². The van der Waals surface area contributed by atoms with Crippen molar-refractivity contribution in [2.75, 3.05) is 12.4 Å². The average molecular weight is 271 g/mol. The molecule has 1 aliphatic carbocycles. The Bertz CT molecular complexity index is 455. The lowest BCUT2D eigenvalue weighted by Crippen LogP contribution is -2.24. The van der Waals surface area contributed by atoms with Crippen molar-refractivity contribution in [3.05, 3.63) is 11.2 Å². The van der Waals surface area contributed by atoms with Crippen LogP contribution in [0.1, 0.15) is 19.3 Å². The molecule has 0 aromatic carbocycles. The number of aromatic nitrogens is 2. The summed E-state index contributed by atoms with van der Waals surface area (Å²) in [5, 5.41) is 2.86. The third-order valence-electron chi connectivity index (χ3n) is 2.96. The second kappa shape index (κ2) is 5.49. The summed E-state index contributed by atoms with van der Waals surface area (Å²) >= 11 is 5.79. The standard InChI is InChI=1S/C11H15ClN4O2/c1-18-9-5-8(12)14-11(15-9)16-10(17)6-2-3-7(13)4-6/h5-7H,2-4,13H2,1H3,(H,14,15,16,17). The number of hydrogen-bond acceptors (Lipinski definition) is 5. The van der Waals surface area contributed by atoms with E-state index in [1.165, 1.54) is 13.2 Å². The highest BCUT2D eigenvalue weighted by molar-refractivity contribution is 6.29. The molecule has 7 heteroatoms. The van der Waals surface area contributed by atoms with Crippen LogP contribution < -0.4 is 15.8 Å². The zero-order valence-electron chi connectivity index (χ0n) is 10.0. The van der Waals surface area contributed by atoms with Crippen molar-refractivity contribution in [3.8, 4) is 5.88 Å². The molecule has 0 bridgehead atoms. The minimum absolute atomic E-state index is 0.0754. The molecule has 0 aliphatic heterocycles. The monoisotopic (exact) mass is 270 g/mol. The molecule has 1 amide bonds. The molecule has 2 rings (SSSR count). The number of nitrogens with zero attached hydrogens (tertiary/aromatic N) is 2. The second-order valence-corrected chi connectivity index (χ2v) is 4.70. The molecule has 1 fully saturated rings. The molecule has 98 valence electrons. The van der Waals surface area contributed by atoms with E-state index in [4.69, 9.17) is 22.1 Å². The van der Waals surface area contributed by atoms with Crippen LogP contribution in [0.3, 0.4) is 0 Å². The zero-order valence-corrected chi connectivity index (χ0v) is 10.8. The van der Waals surface area contributed by atoms with E-state index in [1.807, 2.05) is 0 Å². The van der Waals surface area contributed by atoms with Crippen LogP contribution in [0.15, 0.2) is 6.07 Å². The van der Waals surface area contributed by atoms with E-state index in [2.05, 4.69) is 15.3 Å². The summed E-state index contributed by atoms with van der Waals surface area (Å²) in [7, 11) is 1.47. The van der Waals surface area contributed by atoms with Gasteiger partial charge in [-0.3, -0.25) is 10.1 Å². The minimum atomic E-state index is -0.118. The highest BCUT2D eigenvalue weighted by atomic mass is 35.5. The number of halogens is 1. The summed E-state index contributed by atoms with van der Waals surface area (Å²) in [6, 6.07) is 1.58. The predicted octanol–water partition coefficient (Wildman–Crippen LogP) is 1.20. The van der Waals surface area contributed by atoms with E-state index in [9.17, 15) is 4.79 Å². The molecule has 0 saturated heterocycles. The normalized spacial score (nSPS) is 22.8. The number of anilines is 1. The lowest BCUT2D eigenvalue weighted by Gasteiger charge is -2.10. The first-order chi connectivity index (χ1) is 8.58. The first kappa shape index (κ1) is 13.0. The van der Waals surface area contributed by atoms with E-state index in [1.54, 1.807) is 0 Å². The van der Waals surface area contributed by atoms with Crippen LogP contribution in [0.5, 0.6) is 5.88 Å². The Hall–Kier alpha value is -1.40. The fourth-order valence-corrected chi connectivity index (χ4v) is 2.20. The number of ether oxygens (including phenoxy) is 1. The van der Waals surface area contributed by atoms with Gasteiger partial charge in [0.1, 0.15) is 5.15 Å². The fourth-order valence-electron chi connectivity index (χ4n) is 2.02. The molecule has 0 radical (unpaired) electrons. The third-order valence-corrected chi connectivity index (χ3v) is 3.15. The van der Waals surface area contributed by atoms with Gasteiger partial charge in [0.15, 0.2) is 0 Å². The van der Waals surface area contributed by atoms with E-state index in [0.29, 0.717) is 12.3 Å². The van der Waals surface area contributed by atoms with Crippen molar-refractivity contribution in [1.82, 2.24) is 9.97 Å². The van der Waals surface area contributed by atoms with Crippen LogP contribution >= 0.6 is 11.6 Å². The highest BCUT2D eigenvalue weighted by Gasteiger charge is 2.28. The molecule has 18 heavy (non-hydrogen) atoms. The van der Waals surface area contributed by atoms with E-state index < -0.39 is 0 Å². The maximum atomic E-state index is 11.9. The summed E-state index contributed by atoms with van der Waals surface area (Å²) in [5.41, 5.74) is 5.77. The van der Waals surface area contributed by atoms with Gasteiger partial charge in [0.05, 0.1) is 7.11 Å². The maximum absolute atomic E-state index is 11.9. The van der Waals surface area contributed by atoms with E-state index in [-0.39, 0.29) is 29.0 Å². The van der Waals surface area contributed by atoms with Crippen molar-refractivity contribution in [2.24, 2.45) is 11.7 Å². The lowest BCUT2D eigenvalue weighted by molar-refractivity contribution is -0.119. The molecule has 2 unspecified atom stereocenters. The van der Waals surface area contributed by atoms with Gasteiger partial charge in [-0.25, -0.2) is 4.98 Å². The molecule has 2 atom stereocenters. The van der Waals surface area contributed by atoms with Gasteiger partial charge in [-0.05, 0) is 19.3 Å². The average Bonchev–Trinajstić information content (AvgIpc) is 2.75. The third kappa shape index (κ3) is 3.08. The highest BCUT2D eigenvalue weighted by Crippen LogP contribution is 2.25. The largest absolute Gasteiger partial charge is 0.481 e. The summed E-state index contributed by atoms with van der Waals surface area (Å²) in [6.07, 6.45) is 2.37. The number of rotatable bonds is 3. The first-order valence-electron chi connectivity index (χ1n) is 5.73. The first-order valence-corrected chi connectivity index (χ1v) is 6.11. The van der Waals surface area contributed by atoms with Crippen LogP contribution in [0.2, 0.25) is 5.15 Å². The lowest BCUT2D eigenvalue weighted by atomic mass is 10.1. The van der Waals surface area contributed by atoms with Gasteiger partial charge in [0.2, 0.25) is 17.7 Å². The number of methoxy groups -OCH3 is 1. The number of carbonyl (C=O) groups is 1. The van der Waals surface area contributed by atoms with Gasteiger partial charge >= 0.3 is 0 Å². The van der Waals surface area contributed by atoms with Crippen LogP contribution in [-0.4, -0.2) is 29.0 Å². The van der Waals surface area contributed by atoms with Gasteiger partial charge in [-0.1, -0.05) is 11.6 Å². The van der Waals surface area contributed by atoms with E-state index >= 15 is 0 Å². The molecule has 3 N–H and O–H groups in total. The van der Waals surface area contributed by atoms with E-state index in [0.717, 1.165) is 12.8 Å². The molecule has 1 aromatic heterocycles. The van der Waals surface area contributed by atoms with Gasteiger partial charge in [-0.2, -0.15) is 4.98 Å². The Kier molecular flexibility index (Phi) is 3.98. The van der Waals surface area contributed by atoms with Crippen molar-refractivity contribution < 1.29 is 9.53 Å². The van der Waals surface area contributed by atoms with Crippen molar-refractivity contribution in [3.63, 3.8) is 0 Å². The summed E-state index contributed by atoms with van der Waals surface area (Å²) in [4.78, 5) is 19.9. The number of nitrogens with two attached hydrogens (primary N) is 1. The Morgan fingerprint density at radius 3 is 2.94 bits per heavy atom.